The quantitative estimate of drug-likeness (QED) is 0.825. The van der Waals surface area contributed by atoms with Crippen molar-refractivity contribution in [3.05, 3.63) is 0 Å². The average Bonchev–Trinajstić information content (AvgIpc) is 2.42. The van der Waals surface area contributed by atoms with Gasteiger partial charge in [-0.3, -0.25) is 4.90 Å². The minimum absolute atomic E-state index is 0.447. The number of ether oxygens (including phenoxy) is 1. The number of piperidine rings is 2. The normalized spacial score (nSPS) is 31.7. The lowest BCUT2D eigenvalue weighted by Gasteiger charge is -2.36. The van der Waals surface area contributed by atoms with Gasteiger partial charge in [-0.2, -0.15) is 11.8 Å². The summed E-state index contributed by atoms with van der Waals surface area (Å²) in [4.78, 5) is 2.59. The highest BCUT2D eigenvalue weighted by molar-refractivity contribution is 7.99. The van der Waals surface area contributed by atoms with Crippen LogP contribution in [0.4, 0.5) is 0 Å². The molecule has 3 nitrogen and oxygen atoms in total. The highest BCUT2D eigenvalue weighted by atomic mass is 32.2. The van der Waals surface area contributed by atoms with Crippen LogP contribution in [0.15, 0.2) is 0 Å². The summed E-state index contributed by atoms with van der Waals surface area (Å²) in [5, 5.41) is 4.33. The van der Waals surface area contributed by atoms with Crippen LogP contribution in [0.5, 0.6) is 0 Å². The van der Waals surface area contributed by atoms with E-state index in [0.29, 0.717) is 6.10 Å². The maximum Gasteiger partial charge on any atom is 0.0724 e. The first-order valence-electron chi connectivity index (χ1n) is 7.37. The van der Waals surface area contributed by atoms with E-state index in [1.807, 2.05) is 7.11 Å². The number of likely N-dealkylation sites (tertiary alicyclic amines) is 1. The first-order valence-corrected chi connectivity index (χ1v) is 8.42. The zero-order valence-electron chi connectivity index (χ0n) is 11.9. The Morgan fingerprint density at radius 3 is 2.78 bits per heavy atom. The average molecular weight is 272 g/mol. The maximum absolute atomic E-state index is 5.57. The van der Waals surface area contributed by atoms with Crippen LogP contribution in [-0.2, 0) is 4.74 Å². The van der Waals surface area contributed by atoms with Crippen molar-refractivity contribution in [3.63, 3.8) is 0 Å². The maximum atomic E-state index is 5.57. The molecule has 4 heteroatoms. The number of hydrogen-bond acceptors (Lipinski definition) is 4. The van der Waals surface area contributed by atoms with Crippen LogP contribution in [0.2, 0.25) is 0 Å². The summed E-state index contributed by atoms with van der Waals surface area (Å²) in [6, 6.07) is 0. The van der Waals surface area contributed by atoms with Crippen LogP contribution < -0.4 is 5.32 Å². The predicted octanol–water partition coefficient (Wildman–Crippen LogP) is 1.83. The molecule has 0 bridgehead atoms. The molecule has 2 saturated heterocycles. The Bertz CT molecular complexity index is 234. The molecule has 2 rings (SSSR count). The summed E-state index contributed by atoms with van der Waals surface area (Å²) in [5.41, 5.74) is 0. The summed E-state index contributed by atoms with van der Waals surface area (Å²) >= 11 is 2.18. The van der Waals surface area contributed by atoms with E-state index in [2.05, 4.69) is 28.9 Å². The van der Waals surface area contributed by atoms with E-state index in [9.17, 15) is 0 Å². The van der Waals surface area contributed by atoms with Crippen molar-refractivity contribution in [2.75, 3.05) is 45.6 Å². The molecule has 0 aromatic carbocycles. The number of nitrogens with zero attached hydrogens (tertiary/aromatic N) is 1. The van der Waals surface area contributed by atoms with Crippen molar-refractivity contribution in [1.29, 1.82) is 0 Å². The molecule has 18 heavy (non-hydrogen) atoms. The van der Waals surface area contributed by atoms with Gasteiger partial charge in [-0.25, -0.2) is 0 Å². The van der Waals surface area contributed by atoms with E-state index < -0.39 is 0 Å². The second kappa shape index (κ2) is 7.73. The molecule has 0 saturated carbocycles. The van der Waals surface area contributed by atoms with Crippen molar-refractivity contribution in [2.24, 2.45) is 5.92 Å². The SMILES string of the molecule is COC1CN(CCSC2CCNCC2)CCC1C. The van der Waals surface area contributed by atoms with E-state index in [0.717, 1.165) is 17.7 Å². The minimum Gasteiger partial charge on any atom is -0.380 e. The third-order valence-electron chi connectivity index (χ3n) is 4.32. The van der Waals surface area contributed by atoms with Gasteiger partial charge in [-0.15, -0.1) is 0 Å². The molecule has 0 aromatic rings. The Morgan fingerprint density at radius 1 is 1.28 bits per heavy atom. The van der Waals surface area contributed by atoms with E-state index in [1.165, 1.54) is 51.2 Å². The smallest absolute Gasteiger partial charge is 0.0724 e. The van der Waals surface area contributed by atoms with Gasteiger partial charge < -0.3 is 10.1 Å². The lowest BCUT2D eigenvalue weighted by molar-refractivity contribution is -0.00286. The summed E-state index contributed by atoms with van der Waals surface area (Å²) in [6.45, 7) is 8.37. The molecule has 0 aliphatic carbocycles. The molecule has 2 unspecified atom stereocenters. The lowest BCUT2D eigenvalue weighted by atomic mass is 9.96. The van der Waals surface area contributed by atoms with Crippen LogP contribution in [0, 0.1) is 5.92 Å². The summed E-state index contributed by atoms with van der Waals surface area (Å²) in [6.07, 6.45) is 4.43. The number of hydrogen-bond donors (Lipinski definition) is 1. The summed E-state index contributed by atoms with van der Waals surface area (Å²) in [5.74, 6) is 2.01. The van der Waals surface area contributed by atoms with E-state index in [-0.39, 0.29) is 0 Å². The predicted molar refractivity (Wildman–Crippen MR) is 79.4 cm³/mol. The van der Waals surface area contributed by atoms with Crippen LogP contribution in [0.1, 0.15) is 26.2 Å². The Balaban J connectivity index is 1.61. The van der Waals surface area contributed by atoms with Gasteiger partial charge in [-0.1, -0.05) is 6.92 Å². The van der Waals surface area contributed by atoms with Crippen LogP contribution >= 0.6 is 11.8 Å². The molecule has 0 spiro atoms. The Kier molecular flexibility index (Phi) is 6.29. The number of methoxy groups -OCH3 is 1. The second-order valence-electron chi connectivity index (χ2n) is 5.66. The fraction of sp³-hybridized carbons (Fsp3) is 1.00. The highest BCUT2D eigenvalue weighted by Gasteiger charge is 2.25. The molecule has 0 aromatic heterocycles. The van der Waals surface area contributed by atoms with Crippen molar-refractivity contribution in [3.8, 4) is 0 Å². The van der Waals surface area contributed by atoms with Gasteiger partial charge in [0.05, 0.1) is 6.10 Å². The third kappa shape index (κ3) is 4.41. The van der Waals surface area contributed by atoms with E-state index in [1.54, 1.807) is 0 Å². The molecule has 1 N–H and O–H groups in total. The minimum atomic E-state index is 0.447. The van der Waals surface area contributed by atoms with Gasteiger partial charge >= 0.3 is 0 Å². The fourth-order valence-corrected chi connectivity index (χ4v) is 4.18. The topological polar surface area (TPSA) is 24.5 Å². The molecule has 106 valence electrons. The zero-order chi connectivity index (χ0) is 12.8. The van der Waals surface area contributed by atoms with Crippen LogP contribution in [0.25, 0.3) is 0 Å². The van der Waals surface area contributed by atoms with Crippen molar-refractivity contribution >= 4 is 11.8 Å². The molecule has 2 fully saturated rings. The van der Waals surface area contributed by atoms with E-state index >= 15 is 0 Å². The van der Waals surface area contributed by atoms with Crippen molar-refractivity contribution in [1.82, 2.24) is 10.2 Å². The largest absolute Gasteiger partial charge is 0.380 e. The monoisotopic (exact) mass is 272 g/mol. The van der Waals surface area contributed by atoms with Crippen LogP contribution in [-0.4, -0.2) is 61.8 Å². The molecule has 0 radical (unpaired) electrons. The zero-order valence-corrected chi connectivity index (χ0v) is 12.7. The summed E-state index contributed by atoms with van der Waals surface area (Å²) in [7, 11) is 1.86. The summed E-state index contributed by atoms with van der Waals surface area (Å²) < 4.78 is 5.57. The highest BCUT2D eigenvalue weighted by Crippen LogP contribution is 2.22. The first-order chi connectivity index (χ1) is 8.79. The van der Waals surface area contributed by atoms with Gasteiger partial charge in [0, 0.05) is 31.2 Å². The number of thioether (sulfide) groups is 1. The van der Waals surface area contributed by atoms with Gasteiger partial charge in [0.15, 0.2) is 0 Å². The van der Waals surface area contributed by atoms with Gasteiger partial charge in [0.1, 0.15) is 0 Å². The Morgan fingerprint density at radius 2 is 2.06 bits per heavy atom. The molecular formula is C14H28N2OS. The van der Waals surface area contributed by atoms with Crippen molar-refractivity contribution < 1.29 is 4.74 Å². The fourth-order valence-electron chi connectivity index (χ4n) is 2.92. The van der Waals surface area contributed by atoms with Gasteiger partial charge in [-0.05, 0) is 44.8 Å². The standard InChI is InChI=1S/C14H28N2OS/c1-12-5-8-16(11-14(12)17-2)9-10-18-13-3-6-15-7-4-13/h12-15H,3-11H2,1-2H3. The Hall–Kier alpha value is 0.230. The Labute approximate surface area is 116 Å². The molecule has 0 amide bonds. The first kappa shape index (κ1) is 14.6. The molecule has 2 aliphatic rings. The molecule has 2 atom stereocenters. The number of nitrogens with one attached hydrogen (secondary N) is 1. The van der Waals surface area contributed by atoms with Crippen molar-refractivity contribution in [2.45, 2.75) is 37.5 Å². The second-order valence-corrected chi connectivity index (χ2v) is 7.07. The molecule has 2 aliphatic heterocycles. The van der Waals surface area contributed by atoms with Crippen LogP contribution in [0.3, 0.4) is 0 Å². The van der Waals surface area contributed by atoms with E-state index in [4.69, 9.17) is 4.74 Å². The molecule has 2 heterocycles. The van der Waals surface area contributed by atoms with Gasteiger partial charge in [0.2, 0.25) is 0 Å². The number of rotatable bonds is 5. The van der Waals surface area contributed by atoms with Gasteiger partial charge in [0.25, 0.3) is 0 Å². The molecular weight excluding hydrogens is 244 g/mol. The lowest BCUT2D eigenvalue weighted by Crippen LogP contribution is -2.44. The third-order valence-corrected chi connectivity index (χ3v) is 5.68.